The Labute approximate surface area is 169 Å². The van der Waals surface area contributed by atoms with Gasteiger partial charge in [0.2, 0.25) is 0 Å². The van der Waals surface area contributed by atoms with E-state index < -0.39 is 0 Å². The predicted octanol–water partition coefficient (Wildman–Crippen LogP) is 5.66. The Morgan fingerprint density at radius 3 is 2.56 bits per heavy atom. The summed E-state index contributed by atoms with van der Waals surface area (Å²) in [6.45, 7) is 0.926. The molecule has 0 atom stereocenters. The van der Waals surface area contributed by atoms with Gasteiger partial charge in [0.1, 0.15) is 5.82 Å². The number of benzene rings is 2. The van der Waals surface area contributed by atoms with Crippen molar-refractivity contribution >= 4 is 34.7 Å². The van der Waals surface area contributed by atoms with E-state index in [1.54, 1.807) is 6.07 Å². The third-order valence-corrected chi connectivity index (χ3v) is 5.75. The number of hydrogen-bond donors (Lipinski definition) is 1. The van der Waals surface area contributed by atoms with Gasteiger partial charge in [-0.1, -0.05) is 41.4 Å². The first-order valence-electron chi connectivity index (χ1n) is 9.14. The van der Waals surface area contributed by atoms with Gasteiger partial charge in [0.05, 0.1) is 21.4 Å². The maximum atomic E-state index is 6.50. The zero-order valence-corrected chi connectivity index (χ0v) is 17.0. The maximum Gasteiger partial charge on any atom is 0.133 e. The van der Waals surface area contributed by atoms with Crippen molar-refractivity contribution in [3.05, 3.63) is 58.1 Å². The minimum absolute atomic E-state index is 0.519. The first kappa shape index (κ1) is 18.2. The second kappa shape index (κ2) is 7.45. The average molecular weight is 401 g/mol. The SMILES string of the molecule is CN(C)c1ccc(-c2nn(-c3cccc(Cl)c3Cl)c3c2CCCCN3)cc1. The van der Waals surface area contributed by atoms with Crippen LogP contribution in [0.3, 0.4) is 0 Å². The number of fused-ring (bicyclic) bond motifs is 1. The van der Waals surface area contributed by atoms with Gasteiger partial charge in [-0.15, -0.1) is 0 Å². The lowest BCUT2D eigenvalue weighted by Crippen LogP contribution is -2.08. The Balaban J connectivity index is 1.88. The summed E-state index contributed by atoms with van der Waals surface area (Å²) in [4.78, 5) is 2.09. The Hall–Kier alpha value is -2.17. The number of rotatable bonds is 3. The van der Waals surface area contributed by atoms with Gasteiger partial charge in [0.15, 0.2) is 0 Å². The van der Waals surface area contributed by atoms with Crippen LogP contribution in [0.1, 0.15) is 18.4 Å². The molecule has 2 heterocycles. The second-order valence-electron chi connectivity index (χ2n) is 6.99. The number of anilines is 2. The maximum absolute atomic E-state index is 6.50. The summed E-state index contributed by atoms with van der Waals surface area (Å²) in [6.07, 6.45) is 3.26. The van der Waals surface area contributed by atoms with Crippen molar-refractivity contribution in [2.75, 3.05) is 30.9 Å². The van der Waals surface area contributed by atoms with Crippen LogP contribution in [0.15, 0.2) is 42.5 Å². The smallest absolute Gasteiger partial charge is 0.133 e. The molecule has 0 aliphatic carbocycles. The molecule has 27 heavy (non-hydrogen) atoms. The van der Waals surface area contributed by atoms with Crippen LogP contribution in [0.2, 0.25) is 10.0 Å². The highest BCUT2D eigenvalue weighted by atomic mass is 35.5. The van der Waals surface area contributed by atoms with Crippen molar-refractivity contribution in [2.24, 2.45) is 0 Å². The normalized spacial score (nSPS) is 13.6. The van der Waals surface area contributed by atoms with Gasteiger partial charge < -0.3 is 10.2 Å². The van der Waals surface area contributed by atoms with Gasteiger partial charge in [-0.05, 0) is 43.5 Å². The number of nitrogens with one attached hydrogen (secondary N) is 1. The van der Waals surface area contributed by atoms with Crippen LogP contribution in [0, 0.1) is 0 Å². The summed E-state index contributed by atoms with van der Waals surface area (Å²) in [7, 11) is 4.08. The number of hydrogen-bond acceptors (Lipinski definition) is 3. The van der Waals surface area contributed by atoms with Crippen LogP contribution in [0.4, 0.5) is 11.5 Å². The van der Waals surface area contributed by atoms with Gasteiger partial charge in [0.25, 0.3) is 0 Å². The zero-order valence-electron chi connectivity index (χ0n) is 15.5. The van der Waals surface area contributed by atoms with Crippen molar-refractivity contribution in [2.45, 2.75) is 19.3 Å². The number of aromatic nitrogens is 2. The second-order valence-corrected chi connectivity index (χ2v) is 7.77. The molecule has 0 saturated heterocycles. The molecule has 0 amide bonds. The minimum Gasteiger partial charge on any atom is -0.378 e. The zero-order chi connectivity index (χ0) is 19.0. The summed E-state index contributed by atoms with van der Waals surface area (Å²) in [5.41, 5.74) is 5.31. The largest absolute Gasteiger partial charge is 0.378 e. The Kier molecular flexibility index (Phi) is 5.02. The monoisotopic (exact) mass is 400 g/mol. The van der Waals surface area contributed by atoms with Crippen molar-refractivity contribution in [1.82, 2.24) is 9.78 Å². The molecule has 140 valence electrons. The molecule has 1 aliphatic rings. The summed E-state index contributed by atoms with van der Waals surface area (Å²) < 4.78 is 1.91. The van der Waals surface area contributed by atoms with E-state index >= 15 is 0 Å². The summed E-state index contributed by atoms with van der Waals surface area (Å²) in [6, 6.07) is 14.2. The topological polar surface area (TPSA) is 33.1 Å². The first-order chi connectivity index (χ1) is 13.1. The standard InChI is InChI=1S/C21H22Cl2N4/c1-26(2)15-11-9-14(10-12-15)20-16-6-3-4-13-24-21(16)27(25-20)18-8-5-7-17(22)19(18)23/h5,7-12,24H,3-4,6,13H2,1-2H3. The Bertz CT molecular complexity index is 961. The van der Waals surface area contributed by atoms with E-state index in [0.717, 1.165) is 48.6 Å². The molecule has 0 fully saturated rings. The van der Waals surface area contributed by atoms with Gasteiger partial charge in [-0.3, -0.25) is 0 Å². The van der Waals surface area contributed by atoms with Crippen molar-refractivity contribution < 1.29 is 0 Å². The average Bonchev–Trinajstić information content (AvgIpc) is 2.85. The predicted molar refractivity (Wildman–Crippen MR) is 115 cm³/mol. The van der Waals surface area contributed by atoms with Crippen LogP contribution >= 0.6 is 23.2 Å². The van der Waals surface area contributed by atoms with Gasteiger partial charge >= 0.3 is 0 Å². The van der Waals surface area contributed by atoms with Crippen LogP contribution in [0.25, 0.3) is 16.9 Å². The fraction of sp³-hybridized carbons (Fsp3) is 0.286. The summed E-state index contributed by atoms with van der Waals surface area (Å²) in [5, 5.41) is 9.55. The number of nitrogens with zero attached hydrogens (tertiary/aromatic N) is 3. The van der Waals surface area contributed by atoms with Crippen LogP contribution < -0.4 is 10.2 Å². The van der Waals surface area contributed by atoms with E-state index in [1.165, 1.54) is 11.3 Å². The molecule has 6 heteroatoms. The van der Waals surface area contributed by atoms with E-state index in [-0.39, 0.29) is 0 Å². The highest BCUT2D eigenvalue weighted by molar-refractivity contribution is 6.43. The van der Waals surface area contributed by atoms with Crippen molar-refractivity contribution in [3.63, 3.8) is 0 Å². The van der Waals surface area contributed by atoms with Gasteiger partial charge in [-0.25, -0.2) is 4.68 Å². The van der Waals surface area contributed by atoms with E-state index in [4.69, 9.17) is 28.3 Å². The third kappa shape index (κ3) is 3.40. The Morgan fingerprint density at radius 2 is 1.81 bits per heavy atom. The van der Waals surface area contributed by atoms with Crippen molar-refractivity contribution in [3.8, 4) is 16.9 Å². The molecule has 0 saturated carbocycles. The van der Waals surface area contributed by atoms with E-state index in [9.17, 15) is 0 Å². The Morgan fingerprint density at radius 1 is 1.04 bits per heavy atom. The lowest BCUT2D eigenvalue weighted by molar-refractivity contribution is 0.780. The highest BCUT2D eigenvalue weighted by Gasteiger charge is 2.23. The molecular formula is C21H22Cl2N4. The molecule has 1 aliphatic heterocycles. The summed E-state index contributed by atoms with van der Waals surface area (Å²) in [5.74, 6) is 1.02. The molecular weight excluding hydrogens is 379 g/mol. The van der Waals surface area contributed by atoms with Gasteiger partial charge in [0, 0.05) is 37.5 Å². The molecule has 2 aromatic carbocycles. The van der Waals surface area contributed by atoms with Crippen LogP contribution in [-0.2, 0) is 6.42 Å². The third-order valence-electron chi connectivity index (χ3n) is 4.95. The molecule has 3 aromatic rings. The van der Waals surface area contributed by atoms with E-state index in [1.807, 2.05) is 30.9 Å². The molecule has 0 unspecified atom stereocenters. The number of halogens is 2. The minimum atomic E-state index is 0.519. The van der Waals surface area contributed by atoms with Crippen LogP contribution in [0.5, 0.6) is 0 Å². The lowest BCUT2D eigenvalue weighted by Gasteiger charge is -2.12. The molecule has 0 spiro atoms. The lowest BCUT2D eigenvalue weighted by atomic mass is 10.0. The van der Waals surface area contributed by atoms with E-state index in [0.29, 0.717) is 10.0 Å². The fourth-order valence-corrected chi connectivity index (χ4v) is 3.86. The highest BCUT2D eigenvalue weighted by Crippen LogP contribution is 2.37. The molecule has 0 bridgehead atoms. The molecule has 4 rings (SSSR count). The quantitative estimate of drug-likeness (QED) is 0.615. The molecule has 1 N–H and O–H groups in total. The van der Waals surface area contributed by atoms with Gasteiger partial charge in [-0.2, -0.15) is 5.10 Å². The summed E-state index contributed by atoms with van der Waals surface area (Å²) >= 11 is 12.7. The van der Waals surface area contributed by atoms with Crippen molar-refractivity contribution in [1.29, 1.82) is 0 Å². The van der Waals surface area contributed by atoms with Crippen LogP contribution in [-0.4, -0.2) is 30.4 Å². The first-order valence-corrected chi connectivity index (χ1v) is 9.90. The fourth-order valence-electron chi connectivity index (χ4n) is 3.48. The van der Waals surface area contributed by atoms with E-state index in [2.05, 4.69) is 34.5 Å². The molecule has 4 nitrogen and oxygen atoms in total. The molecule has 0 radical (unpaired) electrons. The molecule has 1 aromatic heterocycles.